The van der Waals surface area contributed by atoms with Crippen LogP contribution in [0.3, 0.4) is 0 Å². The van der Waals surface area contributed by atoms with Crippen LogP contribution >= 0.6 is 11.6 Å². The zero-order chi connectivity index (χ0) is 14.5. The summed E-state index contributed by atoms with van der Waals surface area (Å²) in [7, 11) is 0. The van der Waals surface area contributed by atoms with Crippen LogP contribution in [0.2, 0.25) is 5.02 Å². The largest absolute Gasteiger partial charge is 0.336 e. The van der Waals surface area contributed by atoms with Crippen LogP contribution in [-0.4, -0.2) is 18.5 Å². The van der Waals surface area contributed by atoms with Gasteiger partial charge in [-0.15, -0.1) is 0 Å². The highest BCUT2D eigenvalue weighted by Gasteiger charge is 2.24. The molecule has 4 heteroatoms. The molecule has 1 fully saturated rings. The zero-order valence-corrected chi connectivity index (χ0v) is 13.0. The topological polar surface area (TPSA) is 45.7 Å². The molecule has 1 aromatic carbocycles. The van der Waals surface area contributed by atoms with E-state index in [4.69, 9.17) is 11.6 Å². The molecule has 0 aliphatic heterocycles. The van der Waals surface area contributed by atoms with Gasteiger partial charge in [-0.25, -0.2) is 0 Å². The maximum atomic E-state index is 12.0. The van der Waals surface area contributed by atoms with Gasteiger partial charge in [-0.1, -0.05) is 31.0 Å². The molecule has 2 atom stereocenters. The summed E-state index contributed by atoms with van der Waals surface area (Å²) in [6.07, 6.45) is 5.14. The normalized spacial score (nSPS) is 22.6. The van der Waals surface area contributed by atoms with E-state index >= 15 is 0 Å². The molecular formula is C16H24ClN2O+. The summed E-state index contributed by atoms with van der Waals surface area (Å²) in [5, 5.41) is 5.83. The predicted molar refractivity (Wildman–Crippen MR) is 83.0 cm³/mol. The number of carbonyl (C=O) groups is 1. The van der Waals surface area contributed by atoms with E-state index in [2.05, 4.69) is 17.6 Å². The van der Waals surface area contributed by atoms with Crippen molar-refractivity contribution in [3.63, 3.8) is 0 Å². The molecule has 3 nitrogen and oxygen atoms in total. The molecule has 2 rings (SSSR count). The van der Waals surface area contributed by atoms with Crippen LogP contribution in [-0.2, 0) is 4.79 Å². The third kappa shape index (κ3) is 3.97. The van der Waals surface area contributed by atoms with Crippen molar-refractivity contribution in [2.24, 2.45) is 5.92 Å². The van der Waals surface area contributed by atoms with Gasteiger partial charge in [0.1, 0.15) is 0 Å². The SMILES string of the molecule is Cc1c(Cl)cccc1NC(=O)C[NH2+][C@@H]1CCCC[C@@H]1C. The summed E-state index contributed by atoms with van der Waals surface area (Å²) < 4.78 is 0. The molecule has 0 aromatic heterocycles. The van der Waals surface area contributed by atoms with Crippen LogP contribution in [0.4, 0.5) is 5.69 Å². The summed E-state index contributed by atoms with van der Waals surface area (Å²) in [5.41, 5.74) is 1.74. The molecule has 0 unspecified atom stereocenters. The van der Waals surface area contributed by atoms with Gasteiger partial charge < -0.3 is 10.6 Å². The summed E-state index contributed by atoms with van der Waals surface area (Å²) in [6.45, 7) is 4.70. The fraction of sp³-hybridized carbons (Fsp3) is 0.562. The number of hydrogen-bond donors (Lipinski definition) is 2. The maximum Gasteiger partial charge on any atom is 0.279 e. The zero-order valence-electron chi connectivity index (χ0n) is 12.3. The second kappa shape index (κ2) is 7.09. The monoisotopic (exact) mass is 295 g/mol. The van der Waals surface area contributed by atoms with Crippen molar-refractivity contribution in [3.05, 3.63) is 28.8 Å². The van der Waals surface area contributed by atoms with Crippen LogP contribution in [0.1, 0.15) is 38.2 Å². The van der Waals surface area contributed by atoms with Crippen molar-refractivity contribution >= 4 is 23.2 Å². The Kier molecular flexibility index (Phi) is 5.44. The number of benzene rings is 1. The lowest BCUT2D eigenvalue weighted by Gasteiger charge is -2.26. The average molecular weight is 296 g/mol. The highest BCUT2D eigenvalue weighted by atomic mass is 35.5. The van der Waals surface area contributed by atoms with Gasteiger partial charge in [0.05, 0.1) is 6.04 Å². The molecule has 110 valence electrons. The number of hydrogen-bond acceptors (Lipinski definition) is 1. The van der Waals surface area contributed by atoms with E-state index in [0.29, 0.717) is 23.5 Å². The minimum absolute atomic E-state index is 0.0492. The highest BCUT2D eigenvalue weighted by Crippen LogP contribution is 2.23. The Balaban J connectivity index is 1.85. The molecule has 20 heavy (non-hydrogen) atoms. The number of quaternary nitrogens is 1. The Bertz CT molecular complexity index is 476. The van der Waals surface area contributed by atoms with Gasteiger partial charge in [0.25, 0.3) is 5.91 Å². The van der Waals surface area contributed by atoms with E-state index in [9.17, 15) is 4.79 Å². The second-order valence-corrected chi connectivity index (χ2v) is 6.23. The number of anilines is 1. The minimum atomic E-state index is 0.0492. The van der Waals surface area contributed by atoms with E-state index in [-0.39, 0.29) is 5.91 Å². The lowest BCUT2D eigenvalue weighted by molar-refractivity contribution is -0.687. The first kappa shape index (κ1) is 15.3. The van der Waals surface area contributed by atoms with Crippen molar-refractivity contribution in [3.8, 4) is 0 Å². The second-order valence-electron chi connectivity index (χ2n) is 5.83. The molecular weight excluding hydrogens is 272 g/mol. The third-order valence-corrected chi connectivity index (χ3v) is 4.74. The summed E-state index contributed by atoms with van der Waals surface area (Å²) >= 11 is 6.06. The number of carbonyl (C=O) groups excluding carboxylic acids is 1. The van der Waals surface area contributed by atoms with Crippen LogP contribution in [0.25, 0.3) is 0 Å². The maximum absolute atomic E-state index is 12.0. The minimum Gasteiger partial charge on any atom is -0.336 e. The molecule has 1 aliphatic rings. The first-order chi connectivity index (χ1) is 9.58. The van der Waals surface area contributed by atoms with Gasteiger partial charge in [0, 0.05) is 16.6 Å². The van der Waals surface area contributed by atoms with Gasteiger partial charge in [0.2, 0.25) is 0 Å². The standard InChI is InChI=1S/C16H23ClN2O/c1-11-6-3-4-8-14(11)18-10-16(20)19-15-9-5-7-13(17)12(15)2/h5,7,9,11,14,18H,3-4,6,8,10H2,1-2H3,(H,19,20)/p+1/t11-,14+/m0/s1. The Morgan fingerprint density at radius 3 is 2.90 bits per heavy atom. The smallest absolute Gasteiger partial charge is 0.279 e. The molecule has 0 heterocycles. The molecule has 0 saturated heterocycles. The molecule has 0 spiro atoms. The van der Waals surface area contributed by atoms with Gasteiger partial charge >= 0.3 is 0 Å². The summed E-state index contributed by atoms with van der Waals surface area (Å²) in [4.78, 5) is 12.0. The van der Waals surface area contributed by atoms with Crippen LogP contribution in [0.5, 0.6) is 0 Å². The molecule has 1 saturated carbocycles. The lowest BCUT2D eigenvalue weighted by Crippen LogP contribution is -2.93. The van der Waals surface area contributed by atoms with E-state index in [1.54, 1.807) is 0 Å². The number of halogens is 1. The fourth-order valence-electron chi connectivity index (χ4n) is 2.90. The van der Waals surface area contributed by atoms with Gasteiger partial charge in [-0.2, -0.15) is 0 Å². The average Bonchev–Trinajstić information content (AvgIpc) is 2.43. The first-order valence-electron chi connectivity index (χ1n) is 7.46. The number of amides is 1. The van der Waals surface area contributed by atoms with Gasteiger partial charge in [-0.3, -0.25) is 4.79 Å². The molecule has 1 amide bonds. The van der Waals surface area contributed by atoms with Crippen molar-refractivity contribution in [1.82, 2.24) is 0 Å². The highest BCUT2D eigenvalue weighted by molar-refractivity contribution is 6.31. The van der Waals surface area contributed by atoms with E-state index in [1.165, 1.54) is 25.7 Å². The van der Waals surface area contributed by atoms with Crippen molar-refractivity contribution in [2.45, 2.75) is 45.6 Å². The van der Waals surface area contributed by atoms with Crippen molar-refractivity contribution in [2.75, 3.05) is 11.9 Å². The molecule has 0 bridgehead atoms. The fourth-order valence-corrected chi connectivity index (χ4v) is 3.07. The lowest BCUT2D eigenvalue weighted by atomic mass is 9.86. The Labute approximate surface area is 126 Å². The molecule has 1 aliphatic carbocycles. The summed E-state index contributed by atoms with van der Waals surface area (Å²) in [5.74, 6) is 0.762. The predicted octanol–water partition coefficient (Wildman–Crippen LogP) is 2.73. The molecule has 0 radical (unpaired) electrons. The number of nitrogens with one attached hydrogen (secondary N) is 1. The van der Waals surface area contributed by atoms with Crippen molar-refractivity contribution < 1.29 is 10.1 Å². The van der Waals surface area contributed by atoms with E-state index in [0.717, 1.165) is 11.3 Å². The summed E-state index contributed by atoms with van der Waals surface area (Å²) in [6, 6.07) is 6.18. The van der Waals surface area contributed by atoms with E-state index < -0.39 is 0 Å². The van der Waals surface area contributed by atoms with E-state index in [1.807, 2.05) is 25.1 Å². The van der Waals surface area contributed by atoms with Gasteiger partial charge in [0.15, 0.2) is 6.54 Å². The van der Waals surface area contributed by atoms with Crippen LogP contribution in [0, 0.1) is 12.8 Å². The van der Waals surface area contributed by atoms with Crippen molar-refractivity contribution in [1.29, 1.82) is 0 Å². The van der Waals surface area contributed by atoms with Crippen LogP contribution in [0.15, 0.2) is 18.2 Å². The number of rotatable bonds is 4. The third-order valence-electron chi connectivity index (χ3n) is 4.33. The van der Waals surface area contributed by atoms with Crippen LogP contribution < -0.4 is 10.6 Å². The Morgan fingerprint density at radius 2 is 2.15 bits per heavy atom. The quantitative estimate of drug-likeness (QED) is 0.881. The Morgan fingerprint density at radius 1 is 1.40 bits per heavy atom. The van der Waals surface area contributed by atoms with Gasteiger partial charge in [-0.05, 0) is 43.9 Å². The number of nitrogens with two attached hydrogens (primary N) is 1. The molecule has 1 aromatic rings. The Hall–Kier alpha value is -1.06. The molecule has 3 N–H and O–H groups in total. The first-order valence-corrected chi connectivity index (χ1v) is 7.84.